The molecule has 0 saturated heterocycles. The van der Waals surface area contributed by atoms with Crippen LogP contribution in [0.5, 0.6) is 0 Å². The fraction of sp³-hybridized carbons (Fsp3) is 0.833. The average molecular weight is 258 g/mol. The van der Waals surface area contributed by atoms with Crippen LogP contribution in [0.4, 0.5) is 0 Å². The zero-order valence-corrected chi connectivity index (χ0v) is 11.7. The second-order valence-corrected chi connectivity index (χ2v) is 3.89. The number of hydrogen-bond acceptors (Lipinski definition) is 4. The maximum atomic E-state index is 11.4. The molecular weight excluding hydrogens is 232 g/mol. The van der Waals surface area contributed by atoms with Gasteiger partial charge in [0.05, 0.1) is 0 Å². The van der Waals surface area contributed by atoms with Crippen LogP contribution in [0.3, 0.4) is 0 Å². The van der Waals surface area contributed by atoms with E-state index in [0.29, 0.717) is 19.6 Å². The molecular formula is C12H26N4O2. The first-order chi connectivity index (χ1) is 8.65. The van der Waals surface area contributed by atoms with E-state index in [2.05, 4.69) is 34.7 Å². The fourth-order valence-electron chi connectivity index (χ4n) is 1.47. The lowest BCUT2D eigenvalue weighted by molar-refractivity contribution is -0.139. The minimum atomic E-state index is -0.563. The first kappa shape index (κ1) is 16.9. The van der Waals surface area contributed by atoms with Crippen LogP contribution < -0.4 is 16.0 Å². The van der Waals surface area contributed by atoms with Crippen molar-refractivity contribution in [2.45, 2.75) is 20.8 Å². The zero-order valence-electron chi connectivity index (χ0n) is 11.7. The smallest absolute Gasteiger partial charge is 0.309 e. The van der Waals surface area contributed by atoms with Gasteiger partial charge in [0, 0.05) is 26.2 Å². The molecule has 0 heterocycles. The fourth-order valence-corrected chi connectivity index (χ4v) is 1.47. The van der Waals surface area contributed by atoms with Crippen LogP contribution in [0.15, 0.2) is 0 Å². The predicted molar refractivity (Wildman–Crippen MR) is 72.4 cm³/mol. The van der Waals surface area contributed by atoms with Crippen LogP contribution in [0.2, 0.25) is 0 Å². The number of nitrogens with zero attached hydrogens (tertiary/aromatic N) is 1. The average Bonchev–Trinajstić information content (AvgIpc) is 2.39. The Morgan fingerprint density at radius 2 is 1.44 bits per heavy atom. The van der Waals surface area contributed by atoms with Gasteiger partial charge in [-0.1, -0.05) is 20.8 Å². The number of likely N-dealkylation sites (N-methyl/N-ethyl adjacent to an activating group) is 2. The van der Waals surface area contributed by atoms with Crippen molar-refractivity contribution in [2.75, 3.05) is 45.8 Å². The zero-order chi connectivity index (χ0) is 13.8. The van der Waals surface area contributed by atoms with Gasteiger partial charge in [0.1, 0.15) is 0 Å². The molecule has 0 rings (SSSR count). The molecule has 3 N–H and O–H groups in total. The third-order valence-corrected chi connectivity index (χ3v) is 2.65. The van der Waals surface area contributed by atoms with E-state index >= 15 is 0 Å². The molecule has 0 spiro atoms. The van der Waals surface area contributed by atoms with Gasteiger partial charge in [-0.2, -0.15) is 0 Å². The summed E-state index contributed by atoms with van der Waals surface area (Å²) in [6, 6.07) is 0. The topological polar surface area (TPSA) is 73.5 Å². The molecule has 6 nitrogen and oxygen atoms in total. The van der Waals surface area contributed by atoms with Gasteiger partial charge in [-0.3, -0.25) is 9.59 Å². The third-order valence-electron chi connectivity index (χ3n) is 2.65. The number of rotatable bonds is 9. The number of carbonyl (C=O) groups excluding carboxylic acids is 2. The molecule has 0 bridgehead atoms. The standard InChI is InChI=1S/C12H26N4O2/c1-4-13-7-8-14-11(17)12(18)15-9-10-16(5-2)6-3/h13H,4-10H2,1-3H3,(H,14,17)(H,15,18). The third kappa shape index (κ3) is 8.03. The lowest BCUT2D eigenvalue weighted by Crippen LogP contribution is -2.44. The summed E-state index contributed by atoms with van der Waals surface area (Å²) in [4.78, 5) is 24.9. The maximum absolute atomic E-state index is 11.4. The maximum Gasteiger partial charge on any atom is 0.309 e. The largest absolute Gasteiger partial charge is 0.347 e. The minimum Gasteiger partial charge on any atom is -0.347 e. The number of hydrogen-bond donors (Lipinski definition) is 3. The van der Waals surface area contributed by atoms with Crippen LogP contribution in [0, 0.1) is 0 Å². The minimum absolute atomic E-state index is 0.468. The van der Waals surface area contributed by atoms with Crippen molar-refractivity contribution >= 4 is 11.8 Å². The van der Waals surface area contributed by atoms with Crippen LogP contribution in [-0.4, -0.2) is 62.5 Å². The summed E-state index contributed by atoms with van der Waals surface area (Å²) in [5, 5.41) is 8.23. The highest BCUT2D eigenvalue weighted by Gasteiger charge is 2.11. The Bertz CT molecular complexity index is 242. The van der Waals surface area contributed by atoms with Gasteiger partial charge in [-0.25, -0.2) is 0 Å². The van der Waals surface area contributed by atoms with Gasteiger partial charge < -0.3 is 20.9 Å². The Balaban J connectivity index is 3.64. The lowest BCUT2D eigenvalue weighted by Gasteiger charge is -2.17. The van der Waals surface area contributed by atoms with Gasteiger partial charge >= 0.3 is 11.8 Å². The first-order valence-corrected chi connectivity index (χ1v) is 6.64. The Morgan fingerprint density at radius 1 is 0.889 bits per heavy atom. The SMILES string of the molecule is CCNCCNC(=O)C(=O)NCCN(CC)CC. The van der Waals surface area contributed by atoms with Crippen LogP contribution in [-0.2, 0) is 9.59 Å². The summed E-state index contributed by atoms with van der Waals surface area (Å²) in [5.74, 6) is -1.12. The Morgan fingerprint density at radius 3 is 1.94 bits per heavy atom. The summed E-state index contributed by atoms with van der Waals surface area (Å²) in [7, 11) is 0. The molecule has 0 aliphatic rings. The summed E-state index contributed by atoms with van der Waals surface area (Å²) >= 11 is 0. The van der Waals surface area contributed by atoms with E-state index in [1.54, 1.807) is 0 Å². The summed E-state index contributed by atoms with van der Waals surface area (Å²) in [5.41, 5.74) is 0. The van der Waals surface area contributed by atoms with E-state index < -0.39 is 11.8 Å². The van der Waals surface area contributed by atoms with Gasteiger partial charge in [0.25, 0.3) is 0 Å². The molecule has 0 aliphatic carbocycles. The molecule has 0 unspecified atom stereocenters. The molecule has 0 aromatic carbocycles. The van der Waals surface area contributed by atoms with E-state index in [1.165, 1.54) is 0 Å². The van der Waals surface area contributed by atoms with Gasteiger partial charge in [0.15, 0.2) is 0 Å². The molecule has 2 amide bonds. The Kier molecular flexibility index (Phi) is 10.3. The highest BCUT2D eigenvalue weighted by molar-refractivity contribution is 6.35. The van der Waals surface area contributed by atoms with Crippen molar-refractivity contribution in [1.82, 2.24) is 20.9 Å². The number of amides is 2. The van der Waals surface area contributed by atoms with E-state index in [4.69, 9.17) is 0 Å². The normalized spacial score (nSPS) is 10.4. The Labute approximate surface area is 109 Å². The summed E-state index contributed by atoms with van der Waals surface area (Å²) < 4.78 is 0. The van der Waals surface area contributed by atoms with Gasteiger partial charge in [-0.05, 0) is 19.6 Å². The van der Waals surface area contributed by atoms with Gasteiger partial charge in [0.2, 0.25) is 0 Å². The van der Waals surface area contributed by atoms with Crippen molar-refractivity contribution in [3.63, 3.8) is 0 Å². The molecule has 106 valence electrons. The highest BCUT2D eigenvalue weighted by Crippen LogP contribution is 1.84. The highest BCUT2D eigenvalue weighted by atomic mass is 16.2. The molecule has 18 heavy (non-hydrogen) atoms. The number of carbonyl (C=O) groups is 2. The van der Waals surface area contributed by atoms with Crippen molar-refractivity contribution in [3.05, 3.63) is 0 Å². The van der Waals surface area contributed by atoms with E-state index in [1.807, 2.05) is 6.92 Å². The van der Waals surface area contributed by atoms with Crippen molar-refractivity contribution in [1.29, 1.82) is 0 Å². The molecule has 6 heteroatoms. The first-order valence-electron chi connectivity index (χ1n) is 6.64. The molecule has 0 aromatic heterocycles. The molecule has 0 aliphatic heterocycles. The second kappa shape index (κ2) is 11.0. The van der Waals surface area contributed by atoms with Gasteiger partial charge in [-0.15, -0.1) is 0 Å². The van der Waals surface area contributed by atoms with Crippen molar-refractivity contribution in [3.8, 4) is 0 Å². The van der Waals surface area contributed by atoms with E-state index in [9.17, 15) is 9.59 Å². The van der Waals surface area contributed by atoms with Crippen LogP contribution >= 0.6 is 0 Å². The Hall–Kier alpha value is -1.14. The van der Waals surface area contributed by atoms with Crippen LogP contribution in [0.1, 0.15) is 20.8 Å². The van der Waals surface area contributed by atoms with Crippen molar-refractivity contribution in [2.24, 2.45) is 0 Å². The summed E-state index contributed by atoms with van der Waals surface area (Å²) in [6.07, 6.45) is 0. The molecule has 0 atom stereocenters. The quantitative estimate of drug-likeness (QED) is 0.373. The monoisotopic (exact) mass is 258 g/mol. The molecule has 0 aromatic rings. The van der Waals surface area contributed by atoms with E-state index in [-0.39, 0.29) is 0 Å². The number of nitrogens with one attached hydrogen (secondary N) is 3. The summed E-state index contributed by atoms with van der Waals surface area (Å²) in [6.45, 7) is 11.3. The molecule has 0 radical (unpaired) electrons. The lowest BCUT2D eigenvalue weighted by atomic mass is 10.4. The second-order valence-electron chi connectivity index (χ2n) is 3.89. The van der Waals surface area contributed by atoms with Crippen molar-refractivity contribution < 1.29 is 9.59 Å². The molecule has 0 fully saturated rings. The molecule has 0 saturated carbocycles. The van der Waals surface area contributed by atoms with Crippen LogP contribution in [0.25, 0.3) is 0 Å². The predicted octanol–water partition coefficient (Wildman–Crippen LogP) is -0.830. The van der Waals surface area contributed by atoms with E-state index in [0.717, 1.165) is 26.2 Å².